The summed E-state index contributed by atoms with van der Waals surface area (Å²) in [5.74, 6) is -0.466. The standard InChI is InChI=1S/C16H17FN2O2/c1-11(18)14-8-7-12(17)9-15(14)21-10-16(20)19-13-5-3-2-4-6-13/h2-9,11H,10,18H2,1H3,(H,19,20)/t11-/m1/s1. The van der Waals surface area contributed by atoms with E-state index in [0.717, 1.165) is 0 Å². The van der Waals surface area contributed by atoms with Crippen LogP contribution in [0.25, 0.3) is 0 Å². The van der Waals surface area contributed by atoms with E-state index in [-0.39, 0.29) is 24.3 Å². The van der Waals surface area contributed by atoms with Crippen LogP contribution in [0.15, 0.2) is 48.5 Å². The third-order valence-electron chi connectivity index (χ3n) is 2.88. The number of rotatable bonds is 5. The molecule has 0 bridgehead atoms. The van der Waals surface area contributed by atoms with Crippen LogP contribution in [0.2, 0.25) is 0 Å². The predicted molar refractivity (Wildman–Crippen MR) is 79.6 cm³/mol. The summed E-state index contributed by atoms with van der Waals surface area (Å²) >= 11 is 0. The highest BCUT2D eigenvalue weighted by atomic mass is 19.1. The van der Waals surface area contributed by atoms with Crippen LogP contribution in [0.4, 0.5) is 10.1 Å². The molecule has 4 nitrogen and oxygen atoms in total. The van der Waals surface area contributed by atoms with Crippen molar-refractivity contribution in [1.29, 1.82) is 0 Å². The molecule has 0 aliphatic rings. The molecule has 3 N–H and O–H groups in total. The van der Waals surface area contributed by atoms with E-state index in [0.29, 0.717) is 11.3 Å². The molecule has 0 aliphatic heterocycles. The maximum absolute atomic E-state index is 13.3. The summed E-state index contributed by atoms with van der Waals surface area (Å²) in [7, 11) is 0. The van der Waals surface area contributed by atoms with Crippen LogP contribution in [-0.2, 0) is 4.79 Å². The summed E-state index contributed by atoms with van der Waals surface area (Å²) < 4.78 is 18.6. The average Bonchev–Trinajstić information content (AvgIpc) is 2.46. The Hall–Kier alpha value is -2.40. The summed E-state index contributed by atoms with van der Waals surface area (Å²) in [5.41, 5.74) is 7.13. The van der Waals surface area contributed by atoms with Crippen LogP contribution in [0, 0.1) is 5.82 Å². The van der Waals surface area contributed by atoms with Gasteiger partial charge in [-0.15, -0.1) is 0 Å². The first kappa shape index (κ1) is 15.0. The number of hydrogen-bond acceptors (Lipinski definition) is 3. The van der Waals surface area contributed by atoms with E-state index in [4.69, 9.17) is 10.5 Å². The zero-order chi connectivity index (χ0) is 15.2. The Kier molecular flexibility index (Phi) is 4.90. The van der Waals surface area contributed by atoms with Gasteiger partial charge in [0.15, 0.2) is 6.61 Å². The van der Waals surface area contributed by atoms with E-state index in [9.17, 15) is 9.18 Å². The van der Waals surface area contributed by atoms with Gasteiger partial charge in [0.25, 0.3) is 5.91 Å². The quantitative estimate of drug-likeness (QED) is 0.889. The van der Waals surface area contributed by atoms with E-state index < -0.39 is 5.82 Å². The van der Waals surface area contributed by atoms with E-state index in [1.807, 2.05) is 18.2 Å². The zero-order valence-electron chi connectivity index (χ0n) is 11.7. The number of halogens is 1. The van der Waals surface area contributed by atoms with Gasteiger partial charge in [-0.25, -0.2) is 4.39 Å². The van der Waals surface area contributed by atoms with Crippen LogP contribution in [0.5, 0.6) is 5.75 Å². The van der Waals surface area contributed by atoms with E-state index in [2.05, 4.69) is 5.32 Å². The second kappa shape index (κ2) is 6.85. The lowest BCUT2D eigenvalue weighted by molar-refractivity contribution is -0.118. The lowest BCUT2D eigenvalue weighted by Gasteiger charge is -2.14. The maximum atomic E-state index is 13.3. The topological polar surface area (TPSA) is 64.3 Å². The largest absolute Gasteiger partial charge is 0.483 e. The normalized spacial score (nSPS) is 11.8. The van der Waals surface area contributed by atoms with Crippen LogP contribution < -0.4 is 15.8 Å². The summed E-state index contributed by atoms with van der Waals surface area (Å²) in [5, 5.41) is 2.69. The van der Waals surface area contributed by atoms with Crippen molar-refractivity contribution in [2.75, 3.05) is 11.9 Å². The molecule has 21 heavy (non-hydrogen) atoms. The molecule has 1 amide bonds. The fourth-order valence-corrected chi connectivity index (χ4v) is 1.87. The molecule has 0 aliphatic carbocycles. The van der Waals surface area contributed by atoms with Crippen molar-refractivity contribution in [3.8, 4) is 5.75 Å². The highest BCUT2D eigenvalue weighted by molar-refractivity contribution is 5.91. The van der Waals surface area contributed by atoms with Crippen molar-refractivity contribution in [3.05, 3.63) is 59.9 Å². The highest BCUT2D eigenvalue weighted by Gasteiger charge is 2.11. The molecule has 2 aromatic carbocycles. The number of amides is 1. The number of nitrogens with two attached hydrogens (primary N) is 1. The molecule has 0 saturated heterocycles. The molecule has 0 spiro atoms. The summed E-state index contributed by atoms with van der Waals surface area (Å²) in [4.78, 5) is 11.8. The molecule has 5 heteroatoms. The van der Waals surface area contributed by atoms with Crippen molar-refractivity contribution < 1.29 is 13.9 Å². The summed E-state index contributed by atoms with van der Waals surface area (Å²) in [6.45, 7) is 1.56. The second-order valence-electron chi connectivity index (χ2n) is 4.67. The first-order valence-electron chi connectivity index (χ1n) is 6.59. The van der Waals surface area contributed by atoms with Crippen LogP contribution >= 0.6 is 0 Å². The molecule has 0 radical (unpaired) electrons. The van der Waals surface area contributed by atoms with E-state index in [1.165, 1.54) is 12.1 Å². The van der Waals surface area contributed by atoms with Crippen molar-refractivity contribution >= 4 is 11.6 Å². The molecule has 0 aromatic heterocycles. The number of benzene rings is 2. The van der Waals surface area contributed by atoms with Gasteiger partial charge < -0.3 is 15.8 Å². The minimum Gasteiger partial charge on any atom is -0.483 e. The van der Waals surface area contributed by atoms with Gasteiger partial charge in [-0.3, -0.25) is 4.79 Å². The van der Waals surface area contributed by atoms with Gasteiger partial charge >= 0.3 is 0 Å². The maximum Gasteiger partial charge on any atom is 0.262 e. The number of carbonyl (C=O) groups excluding carboxylic acids is 1. The third kappa shape index (κ3) is 4.29. The summed E-state index contributed by atoms with van der Waals surface area (Å²) in [6, 6.07) is 12.8. The second-order valence-corrected chi connectivity index (χ2v) is 4.67. The Balaban J connectivity index is 1.99. The van der Waals surface area contributed by atoms with Crippen LogP contribution in [-0.4, -0.2) is 12.5 Å². The number of anilines is 1. The predicted octanol–water partition coefficient (Wildman–Crippen LogP) is 2.86. The molecule has 0 saturated carbocycles. The molecule has 0 heterocycles. The molecule has 2 aromatic rings. The first-order chi connectivity index (χ1) is 10.1. The van der Waals surface area contributed by atoms with Gasteiger partial charge in [-0.1, -0.05) is 24.3 Å². The van der Waals surface area contributed by atoms with Gasteiger partial charge in [0, 0.05) is 23.4 Å². The fraction of sp³-hybridized carbons (Fsp3) is 0.188. The monoisotopic (exact) mass is 288 g/mol. The number of nitrogens with one attached hydrogen (secondary N) is 1. The Morgan fingerprint density at radius 1 is 1.29 bits per heavy atom. The Morgan fingerprint density at radius 3 is 2.67 bits per heavy atom. The van der Waals surface area contributed by atoms with E-state index in [1.54, 1.807) is 25.1 Å². The van der Waals surface area contributed by atoms with Crippen molar-refractivity contribution in [1.82, 2.24) is 0 Å². The van der Waals surface area contributed by atoms with Gasteiger partial charge in [0.2, 0.25) is 0 Å². The Morgan fingerprint density at radius 2 is 2.00 bits per heavy atom. The van der Waals surface area contributed by atoms with Crippen molar-refractivity contribution in [2.45, 2.75) is 13.0 Å². The van der Waals surface area contributed by atoms with Gasteiger partial charge in [-0.2, -0.15) is 0 Å². The lowest BCUT2D eigenvalue weighted by Crippen LogP contribution is -2.21. The molecule has 0 unspecified atom stereocenters. The fourth-order valence-electron chi connectivity index (χ4n) is 1.87. The first-order valence-corrected chi connectivity index (χ1v) is 6.59. The van der Waals surface area contributed by atoms with Gasteiger partial charge in [0.1, 0.15) is 11.6 Å². The highest BCUT2D eigenvalue weighted by Crippen LogP contribution is 2.24. The van der Waals surface area contributed by atoms with Crippen LogP contribution in [0.3, 0.4) is 0 Å². The smallest absolute Gasteiger partial charge is 0.262 e. The molecule has 1 atom stereocenters. The van der Waals surface area contributed by atoms with Crippen molar-refractivity contribution in [2.24, 2.45) is 5.73 Å². The minimum absolute atomic E-state index is 0.210. The molecule has 0 fully saturated rings. The van der Waals surface area contributed by atoms with Gasteiger partial charge in [-0.05, 0) is 25.1 Å². The van der Waals surface area contributed by atoms with Gasteiger partial charge in [0.05, 0.1) is 0 Å². The SMILES string of the molecule is C[C@@H](N)c1ccc(F)cc1OCC(=O)Nc1ccccc1. The number of hydrogen-bond donors (Lipinski definition) is 2. The number of para-hydroxylation sites is 1. The van der Waals surface area contributed by atoms with Crippen LogP contribution in [0.1, 0.15) is 18.5 Å². The Labute approximate surface area is 122 Å². The molecular formula is C16H17FN2O2. The molecule has 2 rings (SSSR count). The van der Waals surface area contributed by atoms with Crippen molar-refractivity contribution in [3.63, 3.8) is 0 Å². The minimum atomic E-state index is -0.433. The zero-order valence-corrected chi connectivity index (χ0v) is 11.7. The number of ether oxygens (including phenoxy) is 1. The molecule has 110 valence electrons. The molecular weight excluding hydrogens is 271 g/mol. The lowest BCUT2D eigenvalue weighted by atomic mass is 10.1. The Bertz CT molecular complexity index is 615. The third-order valence-corrected chi connectivity index (χ3v) is 2.88. The van der Waals surface area contributed by atoms with E-state index >= 15 is 0 Å². The summed E-state index contributed by atoms with van der Waals surface area (Å²) in [6.07, 6.45) is 0. The number of carbonyl (C=O) groups is 1. The average molecular weight is 288 g/mol.